The predicted octanol–water partition coefficient (Wildman–Crippen LogP) is 4.91. The van der Waals surface area contributed by atoms with Gasteiger partial charge in [0.05, 0.1) is 0 Å². The minimum Gasteiger partial charge on any atom is -0.327 e. The fourth-order valence-corrected chi connectivity index (χ4v) is 4.75. The maximum atomic E-state index is 12.5. The molecule has 1 N–H and O–H groups in total. The zero-order chi connectivity index (χ0) is 19.1. The van der Waals surface area contributed by atoms with Crippen LogP contribution in [0.1, 0.15) is 30.0 Å². The van der Waals surface area contributed by atoms with Gasteiger partial charge in [-0.2, -0.15) is 9.50 Å². The van der Waals surface area contributed by atoms with Crippen molar-refractivity contribution in [2.45, 2.75) is 29.4 Å². The SMILES string of the molecule is O=c1cc(CSc2cccc(Cl)c2C2CC2)[nH]c2nc(-c3ccccc3)nn12. The molecule has 1 aliphatic carbocycles. The minimum atomic E-state index is -0.187. The number of hydrogen-bond acceptors (Lipinski definition) is 4. The van der Waals surface area contributed by atoms with Crippen molar-refractivity contribution in [1.82, 2.24) is 19.6 Å². The van der Waals surface area contributed by atoms with E-state index in [0.717, 1.165) is 16.3 Å². The Balaban J connectivity index is 1.44. The predicted molar refractivity (Wildman–Crippen MR) is 112 cm³/mol. The fraction of sp³-hybridized carbons (Fsp3) is 0.190. The summed E-state index contributed by atoms with van der Waals surface area (Å²) in [6.45, 7) is 0. The molecule has 2 aromatic heterocycles. The lowest BCUT2D eigenvalue weighted by Gasteiger charge is -2.10. The van der Waals surface area contributed by atoms with E-state index >= 15 is 0 Å². The first-order valence-corrected chi connectivity index (χ1v) is 10.5. The summed E-state index contributed by atoms with van der Waals surface area (Å²) in [6, 6.07) is 17.3. The summed E-state index contributed by atoms with van der Waals surface area (Å²) in [5.74, 6) is 2.20. The third kappa shape index (κ3) is 3.34. The molecule has 0 unspecified atom stereocenters. The second-order valence-electron chi connectivity index (χ2n) is 6.88. The molecule has 2 aromatic carbocycles. The molecule has 1 saturated carbocycles. The van der Waals surface area contributed by atoms with E-state index in [-0.39, 0.29) is 5.56 Å². The van der Waals surface area contributed by atoms with Gasteiger partial charge in [-0.1, -0.05) is 48.0 Å². The lowest BCUT2D eigenvalue weighted by Crippen LogP contribution is -2.15. The van der Waals surface area contributed by atoms with Gasteiger partial charge in [0.15, 0.2) is 5.82 Å². The van der Waals surface area contributed by atoms with Crippen LogP contribution in [0.4, 0.5) is 0 Å². The van der Waals surface area contributed by atoms with Gasteiger partial charge in [-0.3, -0.25) is 4.79 Å². The van der Waals surface area contributed by atoms with Gasteiger partial charge in [-0.25, -0.2) is 0 Å². The number of H-pyrrole nitrogens is 1. The molecule has 1 fully saturated rings. The van der Waals surface area contributed by atoms with E-state index in [0.29, 0.717) is 23.3 Å². The van der Waals surface area contributed by atoms with Crippen LogP contribution < -0.4 is 5.56 Å². The van der Waals surface area contributed by atoms with E-state index in [2.05, 4.69) is 21.1 Å². The molecule has 0 atom stereocenters. The maximum Gasteiger partial charge on any atom is 0.275 e. The molecule has 5 nitrogen and oxygen atoms in total. The minimum absolute atomic E-state index is 0.187. The van der Waals surface area contributed by atoms with Crippen molar-refractivity contribution < 1.29 is 0 Å². The third-order valence-corrected chi connectivity index (χ3v) is 6.25. The Bertz CT molecular complexity index is 1210. The standard InChI is InChI=1S/C21H17ClN4OS/c22-16-7-4-8-17(19(16)13-9-10-13)28-12-15-11-18(27)26-21(23-15)24-20(25-26)14-5-2-1-3-6-14/h1-8,11,13H,9-10,12H2,(H,23,24,25). The molecule has 0 aliphatic heterocycles. The largest absolute Gasteiger partial charge is 0.327 e. The molecule has 0 radical (unpaired) electrons. The van der Waals surface area contributed by atoms with E-state index in [9.17, 15) is 4.79 Å². The van der Waals surface area contributed by atoms with Gasteiger partial charge >= 0.3 is 0 Å². The number of halogens is 1. The molecule has 0 bridgehead atoms. The van der Waals surface area contributed by atoms with Crippen LogP contribution in [-0.4, -0.2) is 19.6 Å². The summed E-state index contributed by atoms with van der Waals surface area (Å²) in [7, 11) is 0. The van der Waals surface area contributed by atoms with Gasteiger partial charge < -0.3 is 4.98 Å². The van der Waals surface area contributed by atoms with Crippen LogP contribution in [0.15, 0.2) is 64.3 Å². The van der Waals surface area contributed by atoms with E-state index < -0.39 is 0 Å². The van der Waals surface area contributed by atoms with Crippen LogP contribution in [0, 0.1) is 0 Å². The fourth-order valence-electron chi connectivity index (χ4n) is 3.29. The van der Waals surface area contributed by atoms with Gasteiger partial charge in [0, 0.05) is 33.0 Å². The van der Waals surface area contributed by atoms with E-state index in [4.69, 9.17) is 11.6 Å². The molecule has 2 heterocycles. The second-order valence-corrected chi connectivity index (χ2v) is 8.31. The van der Waals surface area contributed by atoms with Gasteiger partial charge in [-0.15, -0.1) is 16.9 Å². The van der Waals surface area contributed by atoms with Crippen LogP contribution in [0.5, 0.6) is 0 Å². The van der Waals surface area contributed by atoms with Crippen LogP contribution >= 0.6 is 23.4 Å². The summed E-state index contributed by atoms with van der Waals surface area (Å²) >= 11 is 8.11. The highest BCUT2D eigenvalue weighted by molar-refractivity contribution is 7.98. The first-order valence-electron chi connectivity index (χ1n) is 9.14. The molecule has 1 aliphatic rings. The smallest absolute Gasteiger partial charge is 0.275 e. The zero-order valence-corrected chi connectivity index (χ0v) is 16.5. The Hall–Kier alpha value is -2.57. The summed E-state index contributed by atoms with van der Waals surface area (Å²) in [4.78, 5) is 21.4. The number of hydrogen-bond donors (Lipinski definition) is 1. The highest BCUT2D eigenvalue weighted by Crippen LogP contribution is 2.47. The maximum absolute atomic E-state index is 12.5. The number of nitrogens with one attached hydrogen (secondary N) is 1. The number of rotatable bonds is 5. The van der Waals surface area contributed by atoms with Gasteiger partial charge in [0.1, 0.15) is 0 Å². The summed E-state index contributed by atoms with van der Waals surface area (Å²) in [6.07, 6.45) is 2.39. The number of fused-ring (bicyclic) bond motifs is 1. The molecule has 0 amide bonds. The van der Waals surface area contributed by atoms with Gasteiger partial charge in [-0.05, 0) is 36.5 Å². The van der Waals surface area contributed by atoms with Crippen LogP contribution in [0.3, 0.4) is 0 Å². The van der Waals surface area contributed by atoms with Crippen molar-refractivity contribution in [1.29, 1.82) is 0 Å². The molecule has 7 heteroatoms. The second kappa shape index (κ2) is 7.11. The summed E-state index contributed by atoms with van der Waals surface area (Å²) < 4.78 is 1.31. The number of benzene rings is 2. The van der Waals surface area contributed by atoms with Crippen LogP contribution in [-0.2, 0) is 5.75 Å². The summed E-state index contributed by atoms with van der Waals surface area (Å²) in [5.41, 5.74) is 2.75. The molecule has 0 spiro atoms. The molecule has 140 valence electrons. The van der Waals surface area contributed by atoms with E-state index in [1.54, 1.807) is 17.8 Å². The lowest BCUT2D eigenvalue weighted by atomic mass is 10.1. The number of thioether (sulfide) groups is 1. The third-order valence-electron chi connectivity index (χ3n) is 4.80. The molecular formula is C21H17ClN4OS. The first kappa shape index (κ1) is 17.5. The highest BCUT2D eigenvalue weighted by Gasteiger charge is 2.28. The average molecular weight is 409 g/mol. The van der Waals surface area contributed by atoms with Crippen LogP contribution in [0.2, 0.25) is 5.02 Å². The Kier molecular flexibility index (Phi) is 4.45. The molecule has 28 heavy (non-hydrogen) atoms. The van der Waals surface area contributed by atoms with Crippen molar-refractivity contribution in [3.8, 4) is 11.4 Å². The van der Waals surface area contributed by atoms with Crippen molar-refractivity contribution in [2.24, 2.45) is 0 Å². The number of nitrogens with zero attached hydrogens (tertiary/aromatic N) is 3. The lowest BCUT2D eigenvalue weighted by molar-refractivity contribution is 0.890. The molecular weight excluding hydrogens is 392 g/mol. The van der Waals surface area contributed by atoms with Crippen molar-refractivity contribution in [3.05, 3.63) is 81.2 Å². The Morgan fingerprint density at radius 3 is 2.75 bits per heavy atom. The van der Waals surface area contributed by atoms with Crippen molar-refractivity contribution in [2.75, 3.05) is 0 Å². The molecule has 4 aromatic rings. The van der Waals surface area contributed by atoms with Crippen molar-refractivity contribution >= 4 is 29.1 Å². The van der Waals surface area contributed by atoms with Crippen molar-refractivity contribution in [3.63, 3.8) is 0 Å². The Labute approximate surface area is 170 Å². The van der Waals surface area contributed by atoms with Crippen LogP contribution in [0.25, 0.3) is 17.2 Å². The van der Waals surface area contributed by atoms with Gasteiger partial charge in [0.25, 0.3) is 5.56 Å². The monoisotopic (exact) mass is 408 g/mol. The van der Waals surface area contributed by atoms with Gasteiger partial charge in [0.2, 0.25) is 5.78 Å². The van der Waals surface area contributed by atoms with E-state index in [1.165, 1.54) is 27.8 Å². The zero-order valence-electron chi connectivity index (χ0n) is 14.9. The molecule has 0 saturated heterocycles. The normalized spacial score (nSPS) is 13.9. The quantitative estimate of drug-likeness (QED) is 0.476. The Morgan fingerprint density at radius 1 is 1.14 bits per heavy atom. The number of aromatic nitrogens is 4. The van der Waals surface area contributed by atoms with E-state index in [1.807, 2.05) is 42.5 Å². The first-order chi connectivity index (χ1) is 13.7. The summed E-state index contributed by atoms with van der Waals surface area (Å²) in [5, 5.41) is 5.17. The number of aromatic amines is 1. The molecule has 5 rings (SSSR count). The topological polar surface area (TPSA) is 63.0 Å². The average Bonchev–Trinajstić information content (AvgIpc) is 3.44. The highest BCUT2D eigenvalue weighted by atomic mass is 35.5. The Morgan fingerprint density at radius 2 is 1.96 bits per heavy atom.